The van der Waals surface area contributed by atoms with E-state index < -0.39 is 10.1 Å². The first-order valence-corrected chi connectivity index (χ1v) is 7.22. The molecule has 0 atom stereocenters. The molecule has 0 aliphatic carbocycles. The van der Waals surface area contributed by atoms with Gasteiger partial charge in [0.1, 0.15) is 10.7 Å². The van der Waals surface area contributed by atoms with Gasteiger partial charge in [-0.2, -0.15) is 8.42 Å². The van der Waals surface area contributed by atoms with Crippen LogP contribution in [0.5, 0.6) is 0 Å². The summed E-state index contributed by atoms with van der Waals surface area (Å²) in [5.41, 5.74) is 1.01. The molecule has 16 heavy (non-hydrogen) atoms. The zero-order chi connectivity index (χ0) is 12.2. The Kier molecular flexibility index (Phi) is 4.56. The van der Waals surface area contributed by atoms with Gasteiger partial charge in [-0.3, -0.25) is 0 Å². The average Bonchev–Trinajstić information content (AvgIpc) is 2.17. The number of hydrogen-bond donors (Lipinski definition) is 0. The van der Waals surface area contributed by atoms with Crippen molar-refractivity contribution in [2.75, 3.05) is 5.33 Å². The Bertz CT molecular complexity index is 474. The van der Waals surface area contributed by atoms with Crippen molar-refractivity contribution >= 4 is 26.0 Å². The molecule has 0 unspecified atom stereocenters. The predicted octanol–water partition coefficient (Wildman–Crippen LogP) is 3.00. The highest BCUT2D eigenvalue weighted by Gasteiger charge is 2.15. The van der Waals surface area contributed by atoms with Gasteiger partial charge in [-0.1, -0.05) is 33.6 Å². The lowest BCUT2D eigenvalue weighted by atomic mass is 10.2. The zero-order valence-electron chi connectivity index (χ0n) is 9.10. The van der Waals surface area contributed by atoms with Crippen molar-refractivity contribution in [3.63, 3.8) is 0 Å². The van der Waals surface area contributed by atoms with Crippen molar-refractivity contribution in [3.05, 3.63) is 41.7 Å². The first-order valence-electron chi connectivity index (χ1n) is 4.69. The van der Waals surface area contributed by atoms with Crippen LogP contribution in [0.25, 0.3) is 0 Å². The van der Waals surface area contributed by atoms with Gasteiger partial charge < -0.3 is 4.18 Å². The number of rotatable bonds is 4. The SMILES string of the molecule is C/C(=C/CBr)OS(=O)(=O)c1ccc(C)cc1. The van der Waals surface area contributed by atoms with Crippen LogP contribution in [0.4, 0.5) is 0 Å². The fourth-order valence-corrected chi connectivity index (χ4v) is 2.50. The van der Waals surface area contributed by atoms with E-state index in [2.05, 4.69) is 15.9 Å². The third-order valence-corrected chi connectivity index (χ3v) is 3.57. The molecular formula is C11H13BrO3S. The normalized spacial score (nSPS) is 12.6. The van der Waals surface area contributed by atoms with Gasteiger partial charge in [0.05, 0.1) is 0 Å². The predicted molar refractivity (Wildman–Crippen MR) is 67.0 cm³/mol. The van der Waals surface area contributed by atoms with Crippen molar-refractivity contribution in [3.8, 4) is 0 Å². The third-order valence-electron chi connectivity index (χ3n) is 1.92. The molecule has 0 fully saturated rings. The van der Waals surface area contributed by atoms with E-state index in [1.165, 1.54) is 12.1 Å². The van der Waals surface area contributed by atoms with Crippen molar-refractivity contribution in [1.29, 1.82) is 0 Å². The summed E-state index contributed by atoms with van der Waals surface area (Å²) in [7, 11) is -3.69. The van der Waals surface area contributed by atoms with Gasteiger partial charge >= 0.3 is 10.1 Å². The number of benzene rings is 1. The summed E-state index contributed by atoms with van der Waals surface area (Å²) >= 11 is 3.17. The molecule has 0 N–H and O–H groups in total. The van der Waals surface area contributed by atoms with Crippen LogP contribution in [0.15, 0.2) is 41.0 Å². The van der Waals surface area contributed by atoms with E-state index >= 15 is 0 Å². The Hall–Kier alpha value is -0.810. The maximum atomic E-state index is 11.8. The second kappa shape index (κ2) is 5.50. The van der Waals surface area contributed by atoms with Crippen LogP contribution in [-0.2, 0) is 14.3 Å². The first kappa shape index (κ1) is 13.3. The highest BCUT2D eigenvalue weighted by atomic mass is 79.9. The highest BCUT2D eigenvalue weighted by Crippen LogP contribution is 2.16. The standard InChI is InChI=1S/C11H13BrO3S/c1-9-3-5-11(6-4-9)16(13,14)15-10(2)7-8-12/h3-7H,8H2,1-2H3/b10-7-. The van der Waals surface area contributed by atoms with Crippen LogP contribution in [0, 0.1) is 6.92 Å². The lowest BCUT2D eigenvalue weighted by molar-refractivity contribution is 0.407. The Morgan fingerprint density at radius 1 is 1.38 bits per heavy atom. The van der Waals surface area contributed by atoms with Crippen molar-refractivity contribution in [1.82, 2.24) is 0 Å². The minimum absolute atomic E-state index is 0.167. The Morgan fingerprint density at radius 3 is 2.44 bits per heavy atom. The quantitative estimate of drug-likeness (QED) is 0.488. The summed E-state index contributed by atoms with van der Waals surface area (Å²) < 4.78 is 28.4. The highest BCUT2D eigenvalue weighted by molar-refractivity contribution is 9.09. The number of alkyl halides is 1. The molecule has 0 aromatic heterocycles. The van der Waals surface area contributed by atoms with Crippen LogP contribution < -0.4 is 0 Å². The minimum atomic E-state index is -3.69. The van der Waals surface area contributed by atoms with Gasteiger partial charge in [0, 0.05) is 5.33 Å². The van der Waals surface area contributed by atoms with Crippen LogP contribution in [0.2, 0.25) is 0 Å². The maximum Gasteiger partial charge on any atom is 0.338 e. The van der Waals surface area contributed by atoms with E-state index in [1.807, 2.05) is 6.92 Å². The van der Waals surface area contributed by atoms with Gasteiger partial charge in [-0.05, 0) is 32.1 Å². The molecule has 1 aromatic carbocycles. The fourth-order valence-electron chi connectivity index (χ4n) is 1.07. The molecule has 1 aromatic rings. The lowest BCUT2D eigenvalue weighted by Crippen LogP contribution is -2.05. The van der Waals surface area contributed by atoms with Gasteiger partial charge in [-0.25, -0.2) is 0 Å². The molecule has 0 bridgehead atoms. The van der Waals surface area contributed by atoms with Crippen molar-refractivity contribution < 1.29 is 12.6 Å². The number of aryl methyl sites for hydroxylation is 1. The van der Waals surface area contributed by atoms with Crippen LogP contribution in [-0.4, -0.2) is 13.7 Å². The summed E-state index contributed by atoms with van der Waals surface area (Å²) in [6.07, 6.45) is 1.64. The molecule has 5 heteroatoms. The second-order valence-corrected chi connectivity index (χ2v) is 5.51. The number of halogens is 1. The van der Waals surface area contributed by atoms with Crippen molar-refractivity contribution in [2.24, 2.45) is 0 Å². The molecule has 0 radical (unpaired) electrons. The number of hydrogen-bond acceptors (Lipinski definition) is 3. The summed E-state index contributed by atoms with van der Waals surface area (Å²) in [5.74, 6) is 0.359. The molecule has 0 spiro atoms. The van der Waals surface area contributed by atoms with Crippen LogP contribution in [0.1, 0.15) is 12.5 Å². The van der Waals surface area contributed by atoms with Crippen molar-refractivity contribution in [2.45, 2.75) is 18.7 Å². The Morgan fingerprint density at radius 2 is 1.94 bits per heavy atom. The molecule has 0 aliphatic heterocycles. The van der Waals surface area contributed by atoms with Gasteiger partial charge in [0.2, 0.25) is 0 Å². The van der Waals surface area contributed by atoms with Crippen LogP contribution >= 0.6 is 15.9 Å². The van der Waals surface area contributed by atoms with E-state index in [-0.39, 0.29) is 4.90 Å². The topological polar surface area (TPSA) is 43.4 Å². The molecule has 0 saturated heterocycles. The molecule has 0 aliphatic rings. The van der Waals surface area contributed by atoms with E-state index in [1.54, 1.807) is 25.1 Å². The Balaban J connectivity index is 2.95. The van der Waals surface area contributed by atoms with E-state index in [0.29, 0.717) is 11.1 Å². The summed E-state index contributed by atoms with van der Waals surface area (Å²) in [6.45, 7) is 3.50. The van der Waals surface area contributed by atoms with E-state index in [0.717, 1.165) is 5.56 Å². The molecule has 88 valence electrons. The molecule has 3 nitrogen and oxygen atoms in total. The molecule has 0 amide bonds. The smallest absolute Gasteiger partial charge is 0.338 e. The van der Waals surface area contributed by atoms with Crippen LogP contribution in [0.3, 0.4) is 0 Å². The molecule has 0 saturated carbocycles. The zero-order valence-corrected chi connectivity index (χ0v) is 11.5. The Labute approximate surface area is 104 Å². The average molecular weight is 305 g/mol. The summed E-state index contributed by atoms with van der Waals surface area (Å²) in [4.78, 5) is 0.167. The fraction of sp³-hybridized carbons (Fsp3) is 0.273. The van der Waals surface area contributed by atoms with Gasteiger partial charge in [0.15, 0.2) is 0 Å². The minimum Gasteiger partial charge on any atom is -0.384 e. The number of allylic oxidation sites excluding steroid dienone is 2. The third kappa shape index (κ3) is 3.64. The largest absolute Gasteiger partial charge is 0.384 e. The molecular weight excluding hydrogens is 292 g/mol. The first-order chi connectivity index (χ1) is 7.45. The van der Waals surface area contributed by atoms with E-state index in [9.17, 15) is 8.42 Å². The second-order valence-electron chi connectivity index (χ2n) is 3.32. The molecule has 1 rings (SSSR count). The lowest BCUT2D eigenvalue weighted by Gasteiger charge is -2.06. The van der Waals surface area contributed by atoms with Gasteiger partial charge in [0.25, 0.3) is 0 Å². The monoisotopic (exact) mass is 304 g/mol. The molecule has 0 heterocycles. The van der Waals surface area contributed by atoms with Gasteiger partial charge in [-0.15, -0.1) is 0 Å². The van der Waals surface area contributed by atoms with E-state index in [4.69, 9.17) is 4.18 Å². The summed E-state index contributed by atoms with van der Waals surface area (Å²) in [6, 6.07) is 6.54. The maximum absolute atomic E-state index is 11.8. The summed E-state index contributed by atoms with van der Waals surface area (Å²) in [5, 5.41) is 0.558.